The molecule has 1 rings (SSSR count). The molecule has 1 fully saturated rings. The zero-order valence-electron chi connectivity index (χ0n) is 9.07. The molecular weight excluding hydrogens is 176 g/mol. The molecule has 1 aliphatic heterocycles. The normalized spacial score (nSPS) is 26.1. The van der Waals surface area contributed by atoms with Crippen LogP contribution in [0.25, 0.3) is 0 Å². The number of nitrogens with zero attached hydrogens (tertiary/aromatic N) is 1. The average molecular weight is 196 g/mol. The summed E-state index contributed by atoms with van der Waals surface area (Å²) in [6, 6.07) is 0.529. The second kappa shape index (κ2) is 5.35. The highest BCUT2D eigenvalue weighted by molar-refractivity contribution is 4.93. The standard InChI is InChI=1S/C11H20N2O/c1-4-5-10(12)11-8-13(9(2)3)6-7-14-11/h1,9-11H,5-8,12H2,2-3H3. The van der Waals surface area contributed by atoms with E-state index in [0.717, 1.165) is 19.7 Å². The van der Waals surface area contributed by atoms with Gasteiger partial charge in [0.15, 0.2) is 0 Å². The molecule has 2 unspecified atom stereocenters. The molecule has 3 heteroatoms. The van der Waals surface area contributed by atoms with Gasteiger partial charge in [-0.15, -0.1) is 12.3 Å². The molecule has 14 heavy (non-hydrogen) atoms. The molecular formula is C11H20N2O. The predicted molar refractivity (Wildman–Crippen MR) is 57.9 cm³/mol. The van der Waals surface area contributed by atoms with E-state index >= 15 is 0 Å². The summed E-state index contributed by atoms with van der Waals surface area (Å²) in [5, 5.41) is 0. The van der Waals surface area contributed by atoms with Gasteiger partial charge >= 0.3 is 0 Å². The molecule has 1 aliphatic rings. The van der Waals surface area contributed by atoms with E-state index in [4.69, 9.17) is 16.9 Å². The van der Waals surface area contributed by atoms with Crippen molar-refractivity contribution in [3.63, 3.8) is 0 Å². The second-order valence-electron chi connectivity index (χ2n) is 4.07. The van der Waals surface area contributed by atoms with Crippen LogP contribution in [0.4, 0.5) is 0 Å². The zero-order valence-corrected chi connectivity index (χ0v) is 9.07. The van der Waals surface area contributed by atoms with Gasteiger partial charge in [0, 0.05) is 31.6 Å². The highest BCUT2D eigenvalue weighted by atomic mass is 16.5. The molecule has 0 radical (unpaired) electrons. The van der Waals surface area contributed by atoms with Crippen LogP contribution < -0.4 is 5.73 Å². The molecule has 0 aromatic rings. The van der Waals surface area contributed by atoms with Crippen molar-refractivity contribution in [1.29, 1.82) is 0 Å². The summed E-state index contributed by atoms with van der Waals surface area (Å²) in [6.07, 6.45) is 5.92. The molecule has 2 N–H and O–H groups in total. The SMILES string of the molecule is C#CCC(N)C1CN(C(C)C)CCO1. The monoisotopic (exact) mass is 196 g/mol. The molecule has 0 bridgehead atoms. The van der Waals surface area contributed by atoms with Crippen molar-refractivity contribution in [3.8, 4) is 12.3 Å². The Labute approximate surface area is 86.6 Å². The van der Waals surface area contributed by atoms with Crippen LogP contribution in [0.1, 0.15) is 20.3 Å². The lowest BCUT2D eigenvalue weighted by Gasteiger charge is -2.37. The summed E-state index contributed by atoms with van der Waals surface area (Å²) in [5.41, 5.74) is 5.93. The number of rotatable bonds is 3. The molecule has 80 valence electrons. The van der Waals surface area contributed by atoms with Crippen LogP contribution in [-0.4, -0.2) is 42.8 Å². The molecule has 0 aromatic carbocycles. The van der Waals surface area contributed by atoms with Crippen molar-refractivity contribution >= 4 is 0 Å². The summed E-state index contributed by atoms with van der Waals surface area (Å²) in [5.74, 6) is 2.59. The Hall–Kier alpha value is -0.560. The lowest BCUT2D eigenvalue weighted by Crippen LogP contribution is -2.52. The average Bonchev–Trinajstić information content (AvgIpc) is 2.18. The van der Waals surface area contributed by atoms with E-state index in [1.807, 2.05) is 0 Å². The minimum absolute atomic E-state index is 0.0263. The van der Waals surface area contributed by atoms with E-state index in [9.17, 15) is 0 Å². The van der Waals surface area contributed by atoms with Gasteiger partial charge in [0.2, 0.25) is 0 Å². The minimum atomic E-state index is -0.0263. The third-order valence-corrected chi connectivity index (χ3v) is 2.69. The molecule has 0 aromatic heterocycles. The Morgan fingerprint density at radius 2 is 2.36 bits per heavy atom. The van der Waals surface area contributed by atoms with Crippen LogP contribution in [0.15, 0.2) is 0 Å². The van der Waals surface area contributed by atoms with E-state index in [1.54, 1.807) is 0 Å². The van der Waals surface area contributed by atoms with E-state index in [1.165, 1.54) is 0 Å². The van der Waals surface area contributed by atoms with Gasteiger partial charge in [0.1, 0.15) is 0 Å². The first-order chi connectivity index (χ1) is 6.65. The van der Waals surface area contributed by atoms with Gasteiger partial charge in [-0.2, -0.15) is 0 Å². The summed E-state index contributed by atoms with van der Waals surface area (Å²) < 4.78 is 5.61. The number of terminal acetylenes is 1. The zero-order chi connectivity index (χ0) is 10.6. The van der Waals surface area contributed by atoms with E-state index in [0.29, 0.717) is 12.5 Å². The molecule has 1 heterocycles. The third-order valence-electron chi connectivity index (χ3n) is 2.69. The fourth-order valence-electron chi connectivity index (χ4n) is 1.69. The first-order valence-corrected chi connectivity index (χ1v) is 5.20. The second-order valence-corrected chi connectivity index (χ2v) is 4.07. The van der Waals surface area contributed by atoms with Crippen molar-refractivity contribution in [3.05, 3.63) is 0 Å². The maximum absolute atomic E-state index is 5.93. The Morgan fingerprint density at radius 3 is 2.93 bits per heavy atom. The molecule has 0 amide bonds. The first-order valence-electron chi connectivity index (χ1n) is 5.20. The summed E-state index contributed by atoms with van der Waals surface area (Å²) in [4.78, 5) is 2.38. The van der Waals surface area contributed by atoms with Crippen LogP contribution in [0.5, 0.6) is 0 Å². The molecule has 2 atom stereocenters. The minimum Gasteiger partial charge on any atom is -0.374 e. The number of ether oxygens (including phenoxy) is 1. The third kappa shape index (κ3) is 2.98. The van der Waals surface area contributed by atoms with Gasteiger partial charge in [0.25, 0.3) is 0 Å². The molecule has 1 saturated heterocycles. The molecule has 0 aliphatic carbocycles. The summed E-state index contributed by atoms with van der Waals surface area (Å²) in [6.45, 7) is 7.04. The van der Waals surface area contributed by atoms with Gasteiger partial charge in [-0.1, -0.05) is 0 Å². The summed E-state index contributed by atoms with van der Waals surface area (Å²) >= 11 is 0. The molecule has 0 saturated carbocycles. The van der Waals surface area contributed by atoms with E-state index in [-0.39, 0.29) is 12.1 Å². The van der Waals surface area contributed by atoms with E-state index in [2.05, 4.69) is 24.7 Å². The predicted octanol–water partition coefficient (Wildman–Crippen LogP) is 0.446. The maximum atomic E-state index is 5.93. The highest BCUT2D eigenvalue weighted by Gasteiger charge is 2.26. The first kappa shape index (κ1) is 11.5. The Kier molecular flexibility index (Phi) is 4.40. The van der Waals surface area contributed by atoms with Gasteiger partial charge in [-0.3, -0.25) is 4.90 Å². The number of morpholine rings is 1. The fourth-order valence-corrected chi connectivity index (χ4v) is 1.69. The van der Waals surface area contributed by atoms with E-state index < -0.39 is 0 Å². The largest absolute Gasteiger partial charge is 0.374 e. The van der Waals surface area contributed by atoms with Crippen LogP contribution in [0, 0.1) is 12.3 Å². The quantitative estimate of drug-likeness (QED) is 0.666. The van der Waals surface area contributed by atoms with Crippen molar-refractivity contribution < 1.29 is 4.74 Å². The van der Waals surface area contributed by atoms with Crippen LogP contribution in [-0.2, 0) is 4.74 Å². The van der Waals surface area contributed by atoms with Crippen molar-refractivity contribution in [2.75, 3.05) is 19.7 Å². The topological polar surface area (TPSA) is 38.5 Å². The maximum Gasteiger partial charge on any atom is 0.0862 e. The number of hydrogen-bond donors (Lipinski definition) is 1. The Morgan fingerprint density at radius 1 is 1.64 bits per heavy atom. The Balaban J connectivity index is 2.44. The van der Waals surface area contributed by atoms with Crippen LogP contribution in [0.2, 0.25) is 0 Å². The van der Waals surface area contributed by atoms with Gasteiger partial charge in [-0.25, -0.2) is 0 Å². The Bertz CT molecular complexity index is 210. The molecule has 0 spiro atoms. The van der Waals surface area contributed by atoms with Crippen molar-refractivity contribution in [1.82, 2.24) is 4.90 Å². The van der Waals surface area contributed by atoms with Gasteiger partial charge in [0.05, 0.1) is 12.7 Å². The van der Waals surface area contributed by atoms with Gasteiger partial charge in [-0.05, 0) is 13.8 Å². The molecule has 3 nitrogen and oxygen atoms in total. The van der Waals surface area contributed by atoms with Crippen molar-refractivity contribution in [2.24, 2.45) is 5.73 Å². The fraction of sp³-hybridized carbons (Fsp3) is 0.818. The van der Waals surface area contributed by atoms with Crippen molar-refractivity contribution in [2.45, 2.75) is 38.5 Å². The summed E-state index contributed by atoms with van der Waals surface area (Å²) in [7, 11) is 0. The smallest absolute Gasteiger partial charge is 0.0862 e. The highest BCUT2D eigenvalue weighted by Crippen LogP contribution is 2.12. The lowest BCUT2D eigenvalue weighted by atomic mass is 10.1. The van der Waals surface area contributed by atoms with Crippen LogP contribution >= 0.6 is 0 Å². The lowest BCUT2D eigenvalue weighted by molar-refractivity contribution is -0.0489. The van der Waals surface area contributed by atoms with Gasteiger partial charge < -0.3 is 10.5 Å². The van der Waals surface area contributed by atoms with Crippen LogP contribution in [0.3, 0.4) is 0 Å². The number of hydrogen-bond acceptors (Lipinski definition) is 3. The number of nitrogens with two attached hydrogens (primary N) is 1.